The van der Waals surface area contributed by atoms with Crippen LogP contribution in [0.1, 0.15) is 32.6 Å². The van der Waals surface area contributed by atoms with Crippen molar-refractivity contribution in [2.75, 3.05) is 13.2 Å². The molecule has 1 aromatic rings. The fraction of sp³-hybridized carbons (Fsp3) is 0.643. The molecule has 18 heavy (non-hydrogen) atoms. The Morgan fingerprint density at radius 1 is 1.50 bits per heavy atom. The number of hydrogen-bond acceptors (Lipinski definition) is 3. The van der Waals surface area contributed by atoms with Gasteiger partial charge in [0.05, 0.1) is 12.8 Å². The van der Waals surface area contributed by atoms with E-state index >= 15 is 0 Å². The van der Waals surface area contributed by atoms with Crippen LogP contribution in [-0.2, 0) is 0 Å². The molecule has 0 spiro atoms. The standard InChI is InChI=1S/C14H21FN2O/c1-2-4-13-11(5-3-8-16-13)10-18-14-7-6-12(15)9-17-14/h6-7,9,11,13,16H,2-5,8,10H2,1H3. The van der Waals surface area contributed by atoms with Crippen LogP contribution in [-0.4, -0.2) is 24.2 Å². The zero-order valence-corrected chi connectivity index (χ0v) is 10.9. The highest BCUT2D eigenvalue weighted by Gasteiger charge is 2.24. The Kier molecular flexibility index (Phi) is 4.93. The van der Waals surface area contributed by atoms with E-state index in [1.165, 1.54) is 37.9 Å². The van der Waals surface area contributed by atoms with Gasteiger partial charge in [-0.3, -0.25) is 0 Å². The molecular formula is C14H21FN2O. The third kappa shape index (κ3) is 3.67. The molecule has 1 aliphatic rings. The normalized spacial score (nSPS) is 23.9. The largest absolute Gasteiger partial charge is 0.477 e. The summed E-state index contributed by atoms with van der Waals surface area (Å²) in [4.78, 5) is 3.92. The molecule has 0 amide bonds. The minimum atomic E-state index is -0.328. The van der Waals surface area contributed by atoms with Gasteiger partial charge in [-0.2, -0.15) is 0 Å². The Bertz CT molecular complexity index is 353. The van der Waals surface area contributed by atoms with E-state index in [4.69, 9.17) is 4.74 Å². The Morgan fingerprint density at radius 2 is 2.39 bits per heavy atom. The molecule has 2 unspecified atom stereocenters. The van der Waals surface area contributed by atoms with Gasteiger partial charge in [-0.25, -0.2) is 9.37 Å². The summed E-state index contributed by atoms with van der Waals surface area (Å²) in [5.74, 6) is 0.716. The van der Waals surface area contributed by atoms with Crippen molar-refractivity contribution in [3.63, 3.8) is 0 Å². The fourth-order valence-electron chi connectivity index (χ4n) is 2.51. The molecule has 1 fully saturated rings. The first kappa shape index (κ1) is 13.3. The number of piperidine rings is 1. The van der Waals surface area contributed by atoms with Crippen molar-refractivity contribution in [1.82, 2.24) is 10.3 Å². The van der Waals surface area contributed by atoms with Gasteiger partial charge in [0.1, 0.15) is 5.82 Å². The molecule has 1 aliphatic heterocycles. The van der Waals surface area contributed by atoms with E-state index in [-0.39, 0.29) is 5.82 Å². The first-order valence-corrected chi connectivity index (χ1v) is 6.77. The number of pyridine rings is 1. The minimum absolute atomic E-state index is 0.328. The Morgan fingerprint density at radius 3 is 3.11 bits per heavy atom. The molecule has 2 rings (SSSR count). The molecule has 0 bridgehead atoms. The molecule has 3 nitrogen and oxygen atoms in total. The van der Waals surface area contributed by atoms with Crippen LogP contribution < -0.4 is 10.1 Å². The molecule has 0 saturated carbocycles. The predicted octanol–water partition coefficient (Wildman–Crippen LogP) is 2.77. The number of aromatic nitrogens is 1. The van der Waals surface area contributed by atoms with E-state index in [0.717, 1.165) is 6.54 Å². The number of ether oxygens (including phenoxy) is 1. The zero-order valence-electron chi connectivity index (χ0n) is 10.9. The molecule has 1 N–H and O–H groups in total. The molecule has 1 saturated heterocycles. The molecule has 1 aromatic heterocycles. The maximum absolute atomic E-state index is 12.7. The van der Waals surface area contributed by atoms with E-state index in [1.807, 2.05) is 0 Å². The molecule has 4 heteroatoms. The molecule has 100 valence electrons. The SMILES string of the molecule is CCCC1NCCCC1COc1ccc(F)cn1. The van der Waals surface area contributed by atoms with Crippen LogP contribution in [0.4, 0.5) is 4.39 Å². The van der Waals surface area contributed by atoms with Crippen LogP contribution in [0.2, 0.25) is 0 Å². The Labute approximate surface area is 108 Å². The van der Waals surface area contributed by atoms with Crippen molar-refractivity contribution in [3.05, 3.63) is 24.1 Å². The quantitative estimate of drug-likeness (QED) is 0.875. The van der Waals surface area contributed by atoms with Gasteiger partial charge in [0.25, 0.3) is 0 Å². The van der Waals surface area contributed by atoms with Crippen molar-refractivity contribution >= 4 is 0 Å². The lowest BCUT2D eigenvalue weighted by atomic mass is 9.89. The summed E-state index contributed by atoms with van der Waals surface area (Å²) in [5.41, 5.74) is 0. The van der Waals surface area contributed by atoms with Gasteiger partial charge >= 0.3 is 0 Å². The highest BCUT2D eigenvalue weighted by atomic mass is 19.1. The van der Waals surface area contributed by atoms with E-state index in [9.17, 15) is 4.39 Å². The van der Waals surface area contributed by atoms with Crippen LogP contribution in [0.3, 0.4) is 0 Å². The summed E-state index contributed by atoms with van der Waals surface area (Å²) >= 11 is 0. The Balaban J connectivity index is 1.85. The smallest absolute Gasteiger partial charge is 0.213 e. The van der Waals surface area contributed by atoms with Crippen molar-refractivity contribution in [2.45, 2.75) is 38.6 Å². The average Bonchev–Trinajstić information content (AvgIpc) is 2.40. The molecule has 2 heterocycles. The van der Waals surface area contributed by atoms with Crippen molar-refractivity contribution in [3.8, 4) is 5.88 Å². The Hall–Kier alpha value is -1.16. The van der Waals surface area contributed by atoms with Gasteiger partial charge in [0.15, 0.2) is 0 Å². The fourth-order valence-corrected chi connectivity index (χ4v) is 2.51. The molecule has 0 aromatic carbocycles. The maximum atomic E-state index is 12.7. The summed E-state index contributed by atoms with van der Waals surface area (Å²) < 4.78 is 18.4. The average molecular weight is 252 g/mol. The highest BCUT2D eigenvalue weighted by Crippen LogP contribution is 2.21. The molecule has 2 atom stereocenters. The van der Waals surface area contributed by atoms with E-state index < -0.39 is 0 Å². The third-order valence-electron chi connectivity index (χ3n) is 3.47. The molecule has 0 aliphatic carbocycles. The number of hydrogen-bond donors (Lipinski definition) is 1. The third-order valence-corrected chi connectivity index (χ3v) is 3.47. The van der Waals surface area contributed by atoms with Gasteiger partial charge in [0.2, 0.25) is 5.88 Å². The first-order valence-electron chi connectivity index (χ1n) is 6.77. The van der Waals surface area contributed by atoms with Crippen LogP contribution in [0.25, 0.3) is 0 Å². The predicted molar refractivity (Wildman–Crippen MR) is 69.1 cm³/mol. The first-order chi connectivity index (χ1) is 8.79. The lowest BCUT2D eigenvalue weighted by Gasteiger charge is -2.32. The van der Waals surface area contributed by atoms with Crippen LogP contribution in [0.15, 0.2) is 18.3 Å². The van der Waals surface area contributed by atoms with Crippen LogP contribution in [0, 0.1) is 11.7 Å². The number of rotatable bonds is 5. The van der Waals surface area contributed by atoms with Crippen molar-refractivity contribution in [2.24, 2.45) is 5.92 Å². The minimum Gasteiger partial charge on any atom is -0.477 e. The second-order valence-corrected chi connectivity index (χ2v) is 4.88. The van der Waals surface area contributed by atoms with E-state index in [2.05, 4.69) is 17.2 Å². The number of nitrogens with zero attached hydrogens (tertiary/aromatic N) is 1. The van der Waals surface area contributed by atoms with E-state index in [1.54, 1.807) is 6.07 Å². The van der Waals surface area contributed by atoms with Gasteiger partial charge in [-0.15, -0.1) is 0 Å². The summed E-state index contributed by atoms with van der Waals surface area (Å²) in [5, 5.41) is 3.56. The monoisotopic (exact) mass is 252 g/mol. The number of halogens is 1. The van der Waals surface area contributed by atoms with Gasteiger partial charge in [-0.1, -0.05) is 13.3 Å². The van der Waals surface area contributed by atoms with Gasteiger partial charge < -0.3 is 10.1 Å². The van der Waals surface area contributed by atoms with Crippen LogP contribution >= 0.6 is 0 Å². The lowest BCUT2D eigenvalue weighted by molar-refractivity contribution is 0.165. The zero-order chi connectivity index (χ0) is 12.8. The maximum Gasteiger partial charge on any atom is 0.213 e. The number of nitrogens with one attached hydrogen (secondary N) is 1. The van der Waals surface area contributed by atoms with Crippen molar-refractivity contribution < 1.29 is 9.13 Å². The van der Waals surface area contributed by atoms with Gasteiger partial charge in [-0.05, 0) is 31.9 Å². The molecule has 0 radical (unpaired) electrons. The second kappa shape index (κ2) is 6.69. The van der Waals surface area contributed by atoms with Crippen LogP contribution in [0.5, 0.6) is 5.88 Å². The summed E-state index contributed by atoms with van der Waals surface area (Å²) in [6.07, 6.45) is 5.95. The van der Waals surface area contributed by atoms with E-state index in [0.29, 0.717) is 24.4 Å². The lowest BCUT2D eigenvalue weighted by Crippen LogP contribution is -2.43. The summed E-state index contributed by atoms with van der Waals surface area (Å²) in [6, 6.07) is 3.51. The summed E-state index contributed by atoms with van der Waals surface area (Å²) in [7, 11) is 0. The topological polar surface area (TPSA) is 34.1 Å². The molecular weight excluding hydrogens is 231 g/mol. The summed E-state index contributed by atoms with van der Waals surface area (Å²) in [6.45, 7) is 3.97. The highest BCUT2D eigenvalue weighted by molar-refractivity contribution is 5.10. The second-order valence-electron chi connectivity index (χ2n) is 4.88. The van der Waals surface area contributed by atoms with Gasteiger partial charge in [0, 0.05) is 18.0 Å². The van der Waals surface area contributed by atoms with Crippen molar-refractivity contribution in [1.29, 1.82) is 0 Å².